The highest BCUT2D eigenvalue weighted by atomic mass is 19.3. The lowest BCUT2D eigenvalue weighted by atomic mass is 10.1. The average Bonchev–Trinajstić information content (AvgIpc) is 2.29. The number of hydrogen-bond acceptors (Lipinski definition) is 4. The molecule has 0 heterocycles. The molecule has 0 aliphatic rings. The average molecular weight is 212 g/mol. The molecule has 0 aromatic heterocycles. The Balaban J connectivity index is 2.70. The van der Waals surface area contributed by atoms with Crippen LogP contribution < -0.4 is 4.74 Å². The lowest BCUT2D eigenvalue weighted by Gasteiger charge is -2.01. The van der Waals surface area contributed by atoms with Gasteiger partial charge in [-0.15, -0.1) is 0 Å². The monoisotopic (exact) mass is 212 g/mol. The molecule has 15 heavy (non-hydrogen) atoms. The van der Waals surface area contributed by atoms with E-state index in [2.05, 4.69) is 4.94 Å². The maximum Gasteiger partial charge on any atom is 0.356 e. The Morgan fingerprint density at radius 1 is 1.27 bits per heavy atom. The molecule has 0 atom stereocenters. The van der Waals surface area contributed by atoms with Gasteiger partial charge in [0.2, 0.25) is 0 Å². The zero-order chi connectivity index (χ0) is 11.3. The van der Waals surface area contributed by atoms with Gasteiger partial charge in [0.05, 0.1) is 7.11 Å². The number of methoxy groups -OCH3 is 1. The van der Waals surface area contributed by atoms with Crippen molar-refractivity contribution in [3.05, 3.63) is 29.8 Å². The molecule has 0 bridgehead atoms. The van der Waals surface area contributed by atoms with Crippen LogP contribution in [-0.4, -0.2) is 18.9 Å². The molecule has 0 amide bonds. The second kappa shape index (κ2) is 5.09. The summed E-state index contributed by atoms with van der Waals surface area (Å²) >= 11 is 0. The Morgan fingerprint density at radius 2 is 1.87 bits per heavy atom. The van der Waals surface area contributed by atoms with Crippen molar-refractivity contribution < 1.29 is 23.8 Å². The van der Waals surface area contributed by atoms with Crippen molar-refractivity contribution in [2.75, 3.05) is 7.11 Å². The number of rotatable bonds is 4. The van der Waals surface area contributed by atoms with Crippen LogP contribution in [0.4, 0.5) is 4.53 Å². The minimum Gasteiger partial charge on any atom is -0.497 e. The van der Waals surface area contributed by atoms with E-state index in [4.69, 9.17) is 4.74 Å². The summed E-state index contributed by atoms with van der Waals surface area (Å²) in [7, 11) is 1.50. The fraction of sp³-hybridized carbons (Fsp3) is 0.200. The van der Waals surface area contributed by atoms with Gasteiger partial charge in [-0.2, -0.15) is 0 Å². The number of benzene rings is 1. The van der Waals surface area contributed by atoms with Crippen LogP contribution in [0.2, 0.25) is 0 Å². The maximum atomic E-state index is 11.4. The van der Waals surface area contributed by atoms with E-state index in [1.807, 2.05) is 0 Å². The number of carbonyl (C=O) groups excluding carboxylic acids is 2. The summed E-state index contributed by atoms with van der Waals surface area (Å²) in [6.07, 6.45) is -0.608. The number of carbonyl (C=O) groups is 2. The first-order valence-corrected chi connectivity index (χ1v) is 4.16. The number of ether oxygens (including phenoxy) is 1. The van der Waals surface area contributed by atoms with Crippen LogP contribution in [-0.2, 0) is 9.74 Å². The molecule has 0 aliphatic heterocycles. The third kappa shape index (κ3) is 3.05. The standard InChI is InChI=1S/C10H9FO4/c1-14-8-4-2-7(3-5-8)9(12)6-10(13)15-11/h2-5H,6H2,1H3. The molecule has 1 rings (SSSR count). The van der Waals surface area contributed by atoms with Gasteiger partial charge in [0.25, 0.3) is 0 Å². The first kappa shape index (κ1) is 11.2. The van der Waals surface area contributed by atoms with Crippen LogP contribution in [0.25, 0.3) is 0 Å². The topological polar surface area (TPSA) is 52.6 Å². The van der Waals surface area contributed by atoms with E-state index in [1.54, 1.807) is 12.1 Å². The summed E-state index contributed by atoms with van der Waals surface area (Å²) in [5.41, 5.74) is 0.307. The first-order valence-electron chi connectivity index (χ1n) is 4.16. The highest BCUT2D eigenvalue weighted by Crippen LogP contribution is 2.12. The van der Waals surface area contributed by atoms with Gasteiger partial charge in [0.15, 0.2) is 5.78 Å². The van der Waals surface area contributed by atoms with Crippen LogP contribution in [0.5, 0.6) is 5.75 Å². The summed E-state index contributed by atoms with van der Waals surface area (Å²) < 4.78 is 16.2. The van der Waals surface area contributed by atoms with Crippen LogP contribution in [0.1, 0.15) is 16.8 Å². The third-order valence-electron chi connectivity index (χ3n) is 1.80. The van der Waals surface area contributed by atoms with Gasteiger partial charge in [-0.1, -0.05) is 0 Å². The molecule has 0 spiro atoms. The van der Waals surface area contributed by atoms with Gasteiger partial charge in [-0.3, -0.25) is 9.74 Å². The van der Waals surface area contributed by atoms with Crippen LogP contribution >= 0.6 is 0 Å². The van der Waals surface area contributed by atoms with E-state index in [-0.39, 0.29) is 0 Å². The Hall–Kier alpha value is -1.91. The van der Waals surface area contributed by atoms with Gasteiger partial charge in [0, 0.05) is 10.1 Å². The Bertz CT molecular complexity index is 358. The normalized spacial score (nSPS) is 9.47. The van der Waals surface area contributed by atoms with Crippen molar-refractivity contribution in [3.63, 3.8) is 0 Å². The molecular formula is C10H9FO4. The molecule has 0 fully saturated rings. The van der Waals surface area contributed by atoms with Gasteiger partial charge in [0.1, 0.15) is 12.2 Å². The number of Topliss-reactive ketones (excluding diaryl/α,β-unsaturated/α-hetero) is 1. The summed E-state index contributed by atoms with van der Waals surface area (Å²) in [6, 6.07) is 6.14. The molecule has 4 nitrogen and oxygen atoms in total. The van der Waals surface area contributed by atoms with E-state index in [9.17, 15) is 14.1 Å². The maximum absolute atomic E-state index is 11.4. The molecule has 1 aromatic carbocycles. The van der Waals surface area contributed by atoms with E-state index in [0.29, 0.717) is 11.3 Å². The Labute approximate surface area is 85.5 Å². The smallest absolute Gasteiger partial charge is 0.356 e. The second-order valence-electron chi connectivity index (χ2n) is 2.78. The van der Waals surface area contributed by atoms with Crippen molar-refractivity contribution in [1.29, 1.82) is 0 Å². The second-order valence-corrected chi connectivity index (χ2v) is 2.78. The molecule has 0 saturated heterocycles. The van der Waals surface area contributed by atoms with E-state index < -0.39 is 18.2 Å². The van der Waals surface area contributed by atoms with Crippen molar-refractivity contribution in [3.8, 4) is 5.75 Å². The molecule has 0 radical (unpaired) electrons. The molecule has 80 valence electrons. The summed E-state index contributed by atoms with van der Waals surface area (Å²) in [5.74, 6) is -1.10. The molecule has 0 saturated carbocycles. The van der Waals surface area contributed by atoms with Crippen molar-refractivity contribution >= 4 is 11.8 Å². The van der Waals surface area contributed by atoms with Crippen LogP contribution in [0, 0.1) is 0 Å². The van der Waals surface area contributed by atoms with Crippen molar-refractivity contribution in [2.45, 2.75) is 6.42 Å². The predicted octanol–water partition coefficient (Wildman–Crippen LogP) is 1.70. The summed E-state index contributed by atoms with van der Waals surface area (Å²) in [6.45, 7) is 0. The first-order chi connectivity index (χ1) is 7.17. The molecule has 0 N–H and O–H groups in total. The Kier molecular flexibility index (Phi) is 3.79. The highest BCUT2D eigenvalue weighted by Gasteiger charge is 2.13. The third-order valence-corrected chi connectivity index (χ3v) is 1.80. The van der Waals surface area contributed by atoms with Crippen molar-refractivity contribution in [2.24, 2.45) is 0 Å². The molecule has 0 aliphatic carbocycles. The molecule has 0 unspecified atom stereocenters. The number of ketones is 1. The van der Waals surface area contributed by atoms with E-state index >= 15 is 0 Å². The zero-order valence-electron chi connectivity index (χ0n) is 8.03. The largest absolute Gasteiger partial charge is 0.497 e. The minimum atomic E-state index is -1.20. The zero-order valence-corrected chi connectivity index (χ0v) is 8.03. The molecular weight excluding hydrogens is 203 g/mol. The number of halogens is 1. The van der Waals surface area contributed by atoms with Crippen molar-refractivity contribution in [1.82, 2.24) is 0 Å². The Morgan fingerprint density at radius 3 is 2.33 bits per heavy atom. The summed E-state index contributed by atoms with van der Waals surface area (Å²) in [5, 5.41) is 0. The SMILES string of the molecule is COc1ccc(C(=O)CC(=O)OF)cc1. The number of hydrogen-bond donors (Lipinski definition) is 0. The van der Waals surface area contributed by atoms with Crippen LogP contribution in [0.3, 0.4) is 0 Å². The quantitative estimate of drug-likeness (QED) is 0.563. The predicted molar refractivity (Wildman–Crippen MR) is 49.1 cm³/mol. The van der Waals surface area contributed by atoms with E-state index in [1.165, 1.54) is 19.2 Å². The summed E-state index contributed by atoms with van der Waals surface area (Å²) in [4.78, 5) is 24.7. The fourth-order valence-electron chi connectivity index (χ4n) is 1.04. The van der Waals surface area contributed by atoms with Gasteiger partial charge < -0.3 is 4.74 Å². The molecule has 1 aromatic rings. The van der Waals surface area contributed by atoms with Crippen LogP contribution in [0.15, 0.2) is 24.3 Å². The minimum absolute atomic E-state index is 0.307. The van der Waals surface area contributed by atoms with Gasteiger partial charge in [-0.25, -0.2) is 4.79 Å². The lowest BCUT2D eigenvalue weighted by molar-refractivity contribution is -0.182. The lowest BCUT2D eigenvalue weighted by Crippen LogP contribution is -2.08. The highest BCUT2D eigenvalue weighted by molar-refractivity contribution is 6.05. The van der Waals surface area contributed by atoms with Gasteiger partial charge in [-0.05, 0) is 24.3 Å². The molecule has 5 heteroatoms. The fourth-order valence-corrected chi connectivity index (χ4v) is 1.04. The van der Waals surface area contributed by atoms with Gasteiger partial charge >= 0.3 is 5.97 Å². The van der Waals surface area contributed by atoms with E-state index in [0.717, 1.165) is 0 Å².